The second-order valence-corrected chi connectivity index (χ2v) is 7.15. The van der Waals surface area contributed by atoms with Gasteiger partial charge in [-0.1, -0.05) is 34.2 Å². The standard InChI is InChI=1S/C13H10BrFN2O2S2/c14-8-4-5-11(13(16)20)12(6-8)17-21(18,19)10-3-1-2-9(15)7-10/h1-7,17H,(H2,16,20). The molecule has 0 unspecified atom stereocenters. The molecule has 4 nitrogen and oxygen atoms in total. The minimum Gasteiger partial charge on any atom is -0.389 e. The van der Waals surface area contributed by atoms with Crippen LogP contribution in [0.2, 0.25) is 0 Å². The Kier molecular flexibility index (Phi) is 4.60. The van der Waals surface area contributed by atoms with E-state index in [-0.39, 0.29) is 15.6 Å². The second-order valence-electron chi connectivity index (χ2n) is 4.12. The summed E-state index contributed by atoms with van der Waals surface area (Å²) in [5, 5.41) is 0. The van der Waals surface area contributed by atoms with Crippen LogP contribution >= 0.6 is 28.1 Å². The first-order valence-corrected chi connectivity index (χ1v) is 8.36. The van der Waals surface area contributed by atoms with Crippen LogP contribution in [0.5, 0.6) is 0 Å². The van der Waals surface area contributed by atoms with Crippen molar-refractivity contribution in [1.82, 2.24) is 0 Å². The van der Waals surface area contributed by atoms with Gasteiger partial charge in [0.1, 0.15) is 10.8 Å². The average Bonchev–Trinajstić information content (AvgIpc) is 2.38. The lowest BCUT2D eigenvalue weighted by Crippen LogP contribution is -2.18. The molecule has 0 heterocycles. The number of sulfonamides is 1. The zero-order valence-electron chi connectivity index (χ0n) is 10.5. The van der Waals surface area contributed by atoms with Gasteiger partial charge < -0.3 is 5.73 Å². The average molecular weight is 389 g/mol. The fourth-order valence-corrected chi connectivity index (χ4v) is 3.29. The number of anilines is 1. The first kappa shape index (κ1) is 15.9. The van der Waals surface area contributed by atoms with Crippen molar-refractivity contribution in [3.05, 3.63) is 58.3 Å². The van der Waals surface area contributed by atoms with E-state index in [4.69, 9.17) is 18.0 Å². The molecule has 0 saturated heterocycles. The highest BCUT2D eigenvalue weighted by molar-refractivity contribution is 9.10. The highest BCUT2D eigenvalue weighted by Gasteiger charge is 2.17. The summed E-state index contributed by atoms with van der Waals surface area (Å²) in [7, 11) is -3.93. The molecule has 0 aliphatic carbocycles. The van der Waals surface area contributed by atoms with Gasteiger partial charge in [0, 0.05) is 10.0 Å². The maximum Gasteiger partial charge on any atom is 0.262 e. The van der Waals surface area contributed by atoms with E-state index >= 15 is 0 Å². The normalized spacial score (nSPS) is 11.1. The maximum atomic E-state index is 13.2. The summed E-state index contributed by atoms with van der Waals surface area (Å²) in [6.45, 7) is 0. The van der Waals surface area contributed by atoms with Crippen LogP contribution in [0.4, 0.5) is 10.1 Å². The van der Waals surface area contributed by atoms with Gasteiger partial charge in [0.15, 0.2) is 0 Å². The Morgan fingerprint density at radius 2 is 1.95 bits per heavy atom. The summed E-state index contributed by atoms with van der Waals surface area (Å²) in [4.78, 5) is -0.129. The Hall–Kier alpha value is -1.51. The molecule has 0 radical (unpaired) electrons. The fraction of sp³-hybridized carbons (Fsp3) is 0. The predicted octanol–water partition coefficient (Wildman–Crippen LogP) is 3.02. The Morgan fingerprint density at radius 3 is 2.57 bits per heavy atom. The molecule has 0 spiro atoms. The van der Waals surface area contributed by atoms with E-state index in [0.717, 1.165) is 6.07 Å². The molecule has 2 aromatic rings. The monoisotopic (exact) mass is 388 g/mol. The van der Waals surface area contributed by atoms with Crippen molar-refractivity contribution < 1.29 is 12.8 Å². The summed E-state index contributed by atoms with van der Waals surface area (Å²) >= 11 is 8.13. The van der Waals surface area contributed by atoms with Gasteiger partial charge in [-0.25, -0.2) is 12.8 Å². The number of halogens is 2. The minimum absolute atomic E-state index is 0.0550. The smallest absolute Gasteiger partial charge is 0.262 e. The number of benzene rings is 2. The van der Waals surface area contributed by atoms with Crippen LogP contribution in [-0.4, -0.2) is 13.4 Å². The Bertz CT molecular complexity index is 810. The third-order valence-corrected chi connectivity index (χ3v) is 4.67. The van der Waals surface area contributed by atoms with Crippen LogP contribution < -0.4 is 10.5 Å². The summed E-state index contributed by atoms with van der Waals surface area (Å²) in [6, 6.07) is 9.53. The molecule has 110 valence electrons. The van der Waals surface area contributed by atoms with E-state index in [1.807, 2.05) is 0 Å². The number of hydrogen-bond acceptors (Lipinski definition) is 3. The zero-order chi connectivity index (χ0) is 15.6. The van der Waals surface area contributed by atoms with Gasteiger partial charge in [-0.2, -0.15) is 0 Å². The van der Waals surface area contributed by atoms with Gasteiger partial charge in [-0.15, -0.1) is 0 Å². The molecule has 0 aliphatic rings. The van der Waals surface area contributed by atoms with Crippen LogP contribution in [0.1, 0.15) is 5.56 Å². The van der Waals surface area contributed by atoms with Crippen molar-refractivity contribution in [2.24, 2.45) is 5.73 Å². The third-order valence-electron chi connectivity index (χ3n) is 2.60. The van der Waals surface area contributed by atoms with Crippen LogP contribution in [0.25, 0.3) is 0 Å². The summed E-state index contributed by atoms with van der Waals surface area (Å²) in [5.74, 6) is -0.637. The van der Waals surface area contributed by atoms with Crippen molar-refractivity contribution in [2.75, 3.05) is 4.72 Å². The van der Waals surface area contributed by atoms with Crippen molar-refractivity contribution in [3.63, 3.8) is 0 Å². The number of nitrogens with two attached hydrogens (primary N) is 1. The first-order chi connectivity index (χ1) is 9.79. The van der Waals surface area contributed by atoms with Gasteiger partial charge in [0.05, 0.1) is 10.6 Å². The Labute approximate surface area is 135 Å². The third kappa shape index (κ3) is 3.78. The van der Waals surface area contributed by atoms with E-state index in [9.17, 15) is 12.8 Å². The number of thiocarbonyl (C=S) groups is 1. The quantitative estimate of drug-likeness (QED) is 0.789. The van der Waals surface area contributed by atoms with Crippen molar-refractivity contribution in [3.8, 4) is 0 Å². The van der Waals surface area contributed by atoms with Crippen LogP contribution in [-0.2, 0) is 10.0 Å². The molecule has 0 aromatic heterocycles. The summed E-state index contributed by atoms with van der Waals surface area (Å²) in [5.41, 5.74) is 6.17. The molecular formula is C13H10BrFN2O2S2. The largest absolute Gasteiger partial charge is 0.389 e. The molecule has 2 rings (SSSR count). The first-order valence-electron chi connectivity index (χ1n) is 5.67. The molecule has 2 aromatic carbocycles. The van der Waals surface area contributed by atoms with Crippen LogP contribution in [0, 0.1) is 5.82 Å². The van der Waals surface area contributed by atoms with Crippen molar-refractivity contribution in [2.45, 2.75) is 4.90 Å². The summed E-state index contributed by atoms with van der Waals surface area (Å²) < 4.78 is 40.7. The second kappa shape index (κ2) is 6.08. The molecule has 0 saturated carbocycles. The van der Waals surface area contributed by atoms with Gasteiger partial charge in [0.25, 0.3) is 10.0 Å². The van der Waals surface area contributed by atoms with Gasteiger partial charge in [0.2, 0.25) is 0 Å². The lowest BCUT2D eigenvalue weighted by atomic mass is 10.2. The SMILES string of the molecule is NC(=S)c1ccc(Br)cc1NS(=O)(=O)c1cccc(F)c1. The Morgan fingerprint density at radius 1 is 1.24 bits per heavy atom. The molecule has 0 fully saturated rings. The lowest BCUT2D eigenvalue weighted by molar-refractivity contribution is 0.595. The molecule has 8 heteroatoms. The van der Waals surface area contributed by atoms with E-state index in [2.05, 4.69) is 20.7 Å². The number of hydrogen-bond donors (Lipinski definition) is 2. The molecule has 0 amide bonds. The van der Waals surface area contributed by atoms with E-state index in [1.54, 1.807) is 12.1 Å². The predicted molar refractivity (Wildman–Crippen MR) is 87.2 cm³/mol. The molecule has 21 heavy (non-hydrogen) atoms. The van der Waals surface area contributed by atoms with Gasteiger partial charge in [-0.3, -0.25) is 4.72 Å². The van der Waals surface area contributed by atoms with E-state index in [0.29, 0.717) is 10.0 Å². The fourth-order valence-electron chi connectivity index (χ4n) is 1.65. The maximum absolute atomic E-state index is 13.2. The van der Waals surface area contributed by atoms with E-state index in [1.165, 1.54) is 24.3 Å². The number of nitrogens with one attached hydrogen (secondary N) is 1. The summed E-state index contributed by atoms with van der Waals surface area (Å²) in [6.07, 6.45) is 0. The van der Waals surface area contributed by atoms with Crippen LogP contribution in [0.3, 0.4) is 0 Å². The molecule has 0 aliphatic heterocycles. The molecule has 0 bridgehead atoms. The molecular weight excluding hydrogens is 379 g/mol. The lowest BCUT2D eigenvalue weighted by Gasteiger charge is -2.12. The van der Waals surface area contributed by atoms with E-state index < -0.39 is 15.8 Å². The highest BCUT2D eigenvalue weighted by atomic mass is 79.9. The van der Waals surface area contributed by atoms with Crippen LogP contribution in [0.15, 0.2) is 51.8 Å². The minimum atomic E-state index is -3.93. The zero-order valence-corrected chi connectivity index (χ0v) is 13.7. The topological polar surface area (TPSA) is 72.2 Å². The van der Waals surface area contributed by atoms with Crippen molar-refractivity contribution in [1.29, 1.82) is 0 Å². The molecule has 0 atom stereocenters. The van der Waals surface area contributed by atoms with Gasteiger partial charge >= 0.3 is 0 Å². The van der Waals surface area contributed by atoms with Crippen molar-refractivity contribution >= 4 is 48.8 Å². The highest BCUT2D eigenvalue weighted by Crippen LogP contribution is 2.24. The molecule has 3 N–H and O–H groups in total. The Balaban J connectivity index is 2.46. The number of rotatable bonds is 4. The van der Waals surface area contributed by atoms with Gasteiger partial charge in [-0.05, 0) is 36.4 Å².